The highest BCUT2D eigenvalue weighted by molar-refractivity contribution is 6.11. The lowest BCUT2D eigenvalue weighted by Crippen LogP contribution is -2.05. The molecule has 0 fully saturated rings. The molecule has 19 heavy (non-hydrogen) atoms. The molecule has 0 saturated carbocycles. The molecule has 0 unspecified atom stereocenters. The van der Waals surface area contributed by atoms with E-state index in [1.165, 1.54) is 13.4 Å². The van der Waals surface area contributed by atoms with Crippen molar-refractivity contribution in [3.8, 4) is 11.5 Å². The molecule has 4 heteroatoms. The first-order chi connectivity index (χ1) is 9.21. The summed E-state index contributed by atoms with van der Waals surface area (Å²) in [4.78, 5) is 12.5. The molecule has 100 valence electrons. The summed E-state index contributed by atoms with van der Waals surface area (Å²) >= 11 is 0. The van der Waals surface area contributed by atoms with E-state index in [1.807, 2.05) is 6.92 Å². The number of carbonyl (C=O) groups is 1. The van der Waals surface area contributed by atoms with E-state index in [-0.39, 0.29) is 5.78 Å². The van der Waals surface area contributed by atoms with E-state index in [1.54, 1.807) is 31.4 Å². The van der Waals surface area contributed by atoms with Gasteiger partial charge in [0.05, 0.1) is 31.6 Å². The van der Waals surface area contributed by atoms with Crippen LogP contribution < -0.4 is 9.47 Å². The van der Waals surface area contributed by atoms with Crippen LogP contribution in [0.3, 0.4) is 0 Å². The maximum atomic E-state index is 12.5. The molecule has 0 aliphatic heterocycles. The van der Waals surface area contributed by atoms with E-state index in [0.717, 1.165) is 0 Å². The Hall–Kier alpha value is -2.23. The van der Waals surface area contributed by atoms with Crippen molar-refractivity contribution in [2.75, 3.05) is 14.2 Å². The van der Waals surface area contributed by atoms with Gasteiger partial charge in [0, 0.05) is 6.42 Å². The fourth-order valence-electron chi connectivity index (χ4n) is 1.95. The zero-order valence-corrected chi connectivity index (χ0v) is 11.2. The predicted molar refractivity (Wildman–Crippen MR) is 71.1 cm³/mol. The van der Waals surface area contributed by atoms with Crippen LogP contribution in [-0.2, 0) is 6.42 Å². The highest BCUT2D eigenvalue weighted by atomic mass is 16.5. The standard InChI is InChI=1S/C15H16O4/c1-4-13-11(7-8-19-13)15(16)12-9-10(17-2)5-6-14(12)18-3/h5-9H,4H2,1-3H3. The fourth-order valence-corrected chi connectivity index (χ4v) is 1.95. The number of methoxy groups -OCH3 is 2. The van der Waals surface area contributed by atoms with E-state index in [9.17, 15) is 4.79 Å². The number of hydrogen-bond acceptors (Lipinski definition) is 4. The van der Waals surface area contributed by atoms with Crippen LogP contribution in [0.1, 0.15) is 28.6 Å². The average molecular weight is 260 g/mol. The van der Waals surface area contributed by atoms with Crippen molar-refractivity contribution < 1.29 is 18.7 Å². The van der Waals surface area contributed by atoms with E-state index in [0.29, 0.717) is 34.8 Å². The molecule has 0 N–H and O–H groups in total. The molecule has 0 aliphatic rings. The maximum Gasteiger partial charge on any atom is 0.200 e. The molecular formula is C15H16O4. The van der Waals surface area contributed by atoms with Gasteiger partial charge in [-0.15, -0.1) is 0 Å². The normalized spacial score (nSPS) is 10.3. The van der Waals surface area contributed by atoms with Crippen LogP contribution >= 0.6 is 0 Å². The lowest BCUT2D eigenvalue weighted by molar-refractivity contribution is 0.103. The van der Waals surface area contributed by atoms with Crippen LogP contribution in [0.2, 0.25) is 0 Å². The van der Waals surface area contributed by atoms with Gasteiger partial charge in [0.2, 0.25) is 0 Å². The molecule has 0 aliphatic carbocycles. The van der Waals surface area contributed by atoms with Gasteiger partial charge < -0.3 is 13.9 Å². The van der Waals surface area contributed by atoms with E-state index in [4.69, 9.17) is 13.9 Å². The topological polar surface area (TPSA) is 48.7 Å². The van der Waals surface area contributed by atoms with Crippen molar-refractivity contribution >= 4 is 5.78 Å². The van der Waals surface area contributed by atoms with Crippen LogP contribution in [0, 0.1) is 0 Å². The number of rotatable bonds is 5. The monoisotopic (exact) mass is 260 g/mol. The molecule has 0 spiro atoms. The summed E-state index contributed by atoms with van der Waals surface area (Å²) in [6.07, 6.45) is 2.19. The minimum Gasteiger partial charge on any atom is -0.497 e. The first kappa shape index (κ1) is 13.2. The Labute approximate surface area is 111 Å². The van der Waals surface area contributed by atoms with Crippen LogP contribution in [0.15, 0.2) is 34.9 Å². The second-order valence-electron chi connectivity index (χ2n) is 4.01. The van der Waals surface area contributed by atoms with Gasteiger partial charge in [0.15, 0.2) is 5.78 Å². The van der Waals surface area contributed by atoms with Crippen molar-refractivity contribution in [2.24, 2.45) is 0 Å². The summed E-state index contributed by atoms with van der Waals surface area (Å²) in [5, 5.41) is 0. The summed E-state index contributed by atoms with van der Waals surface area (Å²) in [5.41, 5.74) is 1.03. The fraction of sp³-hybridized carbons (Fsp3) is 0.267. The quantitative estimate of drug-likeness (QED) is 0.775. The Morgan fingerprint density at radius 3 is 2.58 bits per heavy atom. The molecule has 1 heterocycles. The highest BCUT2D eigenvalue weighted by Gasteiger charge is 2.19. The van der Waals surface area contributed by atoms with Gasteiger partial charge in [-0.3, -0.25) is 4.79 Å². The number of ketones is 1. The van der Waals surface area contributed by atoms with Crippen LogP contribution in [0.25, 0.3) is 0 Å². The third-order valence-corrected chi connectivity index (χ3v) is 2.96. The second-order valence-corrected chi connectivity index (χ2v) is 4.01. The zero-order valence-electron chi connectivity index (χ0n) is 11.2. The van der Waals surface area contributed by atoms with Gasteiger partial charge in [-0.2, -0.15) is 0 Å². The van der Waals surface area contributed by atoms with Gasteiger partial charge >= 0.3 is 0 Å². The average Bonchev–Trinajstić information content (AvgIpc) is 2.94. The molecule has 1 aromatic carbocycles. The van der Waals surface area contributed by atoms with Crippen LogP contribution in [0.5, 0.6) is 11.5 Å². The maximum absolute atomic E-state index is 12.5. The van der Waals surface area contributed by atoms with Crippen LogP contribution in [-0.4, -0.2) is 20.0 Å². The molecule has 1 aromatic heterocycles. The number of hydrogen-bond donors (Lipinski definition) is 0. The van der Waals surface area contributed by atoms with Gasteiger partial charge in [0.25, 0.3) is 0 Å². The van der Waals surface area contributed by atoms with Gasteiger partial charge in [-0.05, 0) is 24.3 Å². The summed E-state index contributed by atoms with van der Waals surface area (Å²) in [6.45, 7) is 1.94. The minimum atomic E-state index is -0.124. The van der Waals surface area contributed by atoms with E-state index < -0.39 is 0 Å². The molecule has 2 rings (SSSR count). The summed E-state index contributed by atoms with van der Waals surface area (Å²) < 4.78 is 15.7. The molecule has 0 bridgehead atoms. The third kappa shape index (κ3) is 2.47. The summed E-state index contributed by atoms with van der Waals surface area (Å²) in [7, 11) is 3.10. The molecule has 2 aromatic rings. The lowest BCUT2D eigenvalue weighted by atomic mass is 10.0. The minimum absolute atomic E-state index is 0.124. The van der Waals surface area contributed by atoms with Gasteiger partial charge in [-0.1, -0.05) is 6.92 Å². The van der Waals surface area contributed by atoms with Crippen molar-refractivity contribution in [3.05, 3.63) is 47.4 Å². The third-order valence-electron chi connectivity index (χ3n) is 2.96. The Kier molecular flexibility index (Phi) is 3.90. The van der Waals surface area contributed by atoms with E-state index in [2.05, 4.69) is 0 Å². The van der Waals surface area contributed by atoms with Gasteiger partial charge in [0.1, 0.15) is 17.3 Å². The van der Waals surface area contributed by atoms with Crippen molar-refractivity contribution in [3.63, 3.8) is 0 Å². The lowest BCUT2D eigenvalue weighted by Gasteiger charge is -2.09. The number of ether oxygens (including phenoxy) is 2. The molecule has 0 saturated heterocycles. The van der Waals surface area contributed by atoms with Crippen molar-refractivity contribution in [2.45, 2.75) is 13.3 Å². The largest absolute Gasteiger partial charge is 0.497 e. The van der Waals surface area contributed by atoms with Crippen LogP contribution in [0.4, 0.5) is 0 Å². The SMILES string of the molecule is CCc1occc1C(=O)c1cc(OC)ccc1OC. The molecule has 0 atom stereocenters. The number of furan rings is 1. The molecule has 0 amide bonds. The summed E-state index contributed by atoms with van der Waals surface area (Å²) in [5.74, 6) is 1.69. The molecule has 4 nitrogen and oxygen atoms in total. The van der Waals surface area contributed by atoms with E-state index >= 15 is 0 Å². The Bertz CT molecular complexity index is 584. The smallest absolute Gasteiger partial charge is 0.200 e. The van der Waals surface area contributed by atoms with Gasteiger partial charge in [-0.25, -0.2) is 0 Å². The number of aryl methyl sites for hydroxylation is 1. The molecule has 0 radical (unpaired) electrons. The second kappa shape index (κ2) is 5.61. The number of carbonyl (C=O) groups excluding carboxylic acids is 1. The van der Waals surface area contributed by atoms with Crippen molar-refractivity contribution in [1.82, 2.24) is 0 Å². The first-order valence-corrected chi connectivity index (χ1v) is 6.04. The Morgan fingerprint density at radius 1 is 1.16 bits per heavy atom. The Morgan fingerprint density at radius 2 is 1.95 bits per heavy atom. The summed E-state index contributed by atoms with van der Waals surface area (Å²) in [6, 6.07) is 6.83. The predicted octanol–water partition coefficient (Wildman–Crippen LogP) is 3.09. The Balaban J connectivity index is 2.48. The first-order valence-electron chi connectivity index (χ1n) is 6.04. The van der Waals surface area contributed by atoms with Crippen molar-refractivity contribution in [1.29, 1.82) is 0 Å². The number of benzene rings is 1. The zero-order chi connectivity index (χ0) is 13.8. The molecular weight excluding hydrogens is 244 g/mol. The highest BCUT2D eigenvalue weighted by Crippen LogP contribution is 2.27.